The summed E-state index contributed by atoms with van der Waals surface area (Å²) in [5.41, 5.74) is 7.21. The molecular formula is C18H17ClFNO. The average Bonchev–Trinajstić information content (AvgIpc) is 3.29. The fourth-order valence-corrected chi connectivity index (χ4v) is 2.96. The molecule has 0 heterocycles. The van der Waals surface area contributed by atoms with E-state index in [4.69, 9.17) is 17.3 Å². The van der Waals surface area contributed by atoms with Gasteiger partial charge in [-0.05, 0) is 60.6 Å². The minimum absolute atomic E-state index is 0.0425. The molecule has 0 spiro atoms. The first-order valence-corrected chi connectivity index (χ1v) is 7.72. The van der Waals surface area contributed by atoms with Crippen LogP contribution in [0.1, 0.15) is 41.6 Å². The molecule has 0 amide bonds. The molecule has 0 bridgehead atoms. The van der Waals surface area contributed by atoms with E-state index in [-0.39, 0.29) is 16.9 Å². The Morgan fingerprint density at radius 3 is 2.45 bits per heavy atom. The van der Waals surface area contributed by atoms with Gasteiger partial charge >= 0.3 is 0 Å². The van der Waals surface area contributed by atoms with Crippen molar-refractivity contribution in [2.75, 3.05) is 5.73 Å². The first-order valence-electron chi connectivity index (χ1n) is 7.34. The fourth-order valence-electron chi connectivity index (χ4n) is 2.84. The highest BCUT2D eigenvalue weighted by Crippen LogP contribution is 2.52. The summed E-state index contributed by atoms with van der Waals surface area (Å²) in [5, 5.41) is 0.716. The molecule has 2 nitrogen and oxygen atoms in total. The molecule has 22 heavy (non-hydrogen) atoms. The summed E-state index contributed by atoms with van der Waals surface area (Å²) < 4.78 is 13.4. The van der Waals surface area contributed by atoms with Crippen LogP contribution in [0.4, 0.5) is 10.1 Å². The zero-order valence-corrected chi connectivity index (χ0v) is 12.9. The van der Waals surface area contributed by atoms with Gasteiger partial charge in [-0.3, -0.25) is 4.79 Å². The number of carbonyl (C=O) groups is 1. The van der Waals surface area contributed by atoms with E-state index in [1.807, 2.05) is 24.3 Å². The van der Waals surface area contributed by atoms with E-state index in [1.165, 1.54) is 17.7 Å². The van der Waals surface area contributed by atoms with Gasteiger partial charge in [0.25, 0.3) is 0 Å². The van der Waals surface area contributed by atoms with Gasteiger partial charge in [0.05, 0.1) is 5.69 Å². The van der Waals surface area contributed by atoms with E-state index in [9.17, 15) is 9.18 Å². The van der Waals surface area contributed by atoms with Crippen molar-refractivity contribution in [3.63, 3.8) is 0 Å². The van der Waals surface area contributed by atoms with Crippen molar-refractivity contribution >= 4 is 23.1 Å². The lowest BCUT2D eigenvalue weighted by Gasteiger charge is -2.15. The third-order valence-corrected chi connectivity index (χ3v) is 4.72. The van der Waals surface area contributed by atoms with Crippen LogP contribution in [0.25, 0.3) is 0 Å². The number of halogens is 2. The van der Waals surface area contributed by atoms with Crippen LogP contribution in [0, 0.1) is 5.82 Å². The van der Waals surface area contributed by atoms with E-state index in [0.29, 0.717) is 17.0 Å². The number of benzene rings is 2. The monoisotopic (exact) mass is 317 g/mol. The molecule has 1 aliphatic rings. The van der Waals surface area contributed by atoms with E-state index < -0.39 is 5.82 Å². The second-order valence-corrected chi connectivity index (χ2v) is 6.38. The molecule has 0 atom stereocenters. The number of nitrogen functional groups attached to an aromatic ring is 1. The SMILES string of the molecule is Nc1ccc(C(=O)CCC2(c3ccc(Cl)cc3)CC2)cc1F. The third kappa shape index (κ3) is 3.00. The molecule has 114 valence electrons. The molecule has 2 aromatic rings. The number of hydrogen-bond donors (Lipinski definition) is 1. The minimum atomic E-state index is -0.537. The Bertz CT molecular complexity index is 708. The molecule has 3 rings (SSSR count). The summed E-state index contributed by atoms with van der Waals surface area (Å²) in [6, 6.07) is 12.1. The predicted molar refractivity (Wildman–Crippen MR) is 86.7 cm³/mol. The number of rotatable bonds is 5. The Hall–Kier alpha value is -1.87. The highest BCUT2D eigenvalue weighted by molar-refractivity contribution is 6.30. The molecule has 4 heteroatoms. The summed E-state index contributed by atoms with van der Waals surface area (Å²) in [7, 11) is 0. The molecule has 0 radical (unpaired) electrons. The zero-order valence-electron chi connectivity index (χ0n) is 12.1. The van der Waals surface area contributed by atoms with Gasteiger partial charge in [0, 0.05) is 17.0 Å². The lowest BCUT2D eigenvalue weighted by Crippen LogP contribution is -2.10. The fraction of sp³-hybridized carbons (Fsp3) is 0.278. The van der Waals surface area contributed by atoms with Crippen LogP contribution in [0.5, 0.6) is 0 Å². The van der Waals surface area contributed by atoms with Gasteiger partial charge in [-0.1, -0.05) is 23.7 Å². The lowest BCUT2D eigenvalue weighted by molar-refractivity contribution is 0.0975. The normalized spacial score (nSPS) is 15.5. The largest absolute Gasteiger partial charge is 0.396 e. The van der Waals surface area contributed by atoms with Crippen LogP contribution in [0.15, 0.2) is 42.5 Å². The van der Waals surface area contributed by atoms with Crippen molar-refractivity contribution < 1.29 is 9.18 Å². The average molecular weight is 318 g/mol. The lowest BCUT2D eigenvalue weighted by atomic mass is 9.89. The maximum Gasteiger partial charge on any atom is 0.163 e. The Morgan fingerprint density at radius 2 is 1.86 bits per heavy atom. The molecule has 2 aromatic carbocycles. The number of Topliss-reactive ketones (excluding diaryl/α,β-unsaturated/α-hetero) is 1. The van der Waals surface area contributed by atoms with Gasteiger partial charge in [0.15, 0.2) is 5.78 Å². The van der Waals surface area contributed by atoms with E-state index >= 15 is 0 Å². The molecule has 0 unspecified atom stereocenters. The minimum Gasteiger partial charge on any atom is -0.396 e. The van der Waals surface area contributed by atoms with Gasteiger partial charge in [-0.2, -0.15) is 0 Å². The highest BCUT2D eigenvalue weighted by Gasteiger charge is 2.43. The molecule has 0 aliphatic heterocycles. The molecule has 0 saturated heterocycles. The van der Waals surface area contributed by atoms with Crippen molar-refractivity contribution in [2.45, 2.75) is 31.1 Å². The van der Waals surface area contributed by atoms with Gasteiger partial charge < -0.3 is 5.73 Å². The van der Waals surface area contributed by atoms with Crippen molar-refractivity contribution in [2.24, 2.45) is 0 Å². The van der Waals surface area contributed by atoms with Crippen LogP contribution in [-0.2, 0) is 5.41 Å². The molecule has 1 saturated carbocycles. The number of hydrogen-bond acceptors (Lipinski definition) is 2. The first-order chi connectivity index (χ1) is 10.5. The van der Waals surface area contributed by atoms with Crippen LogP contribution in [0.2, 0.25) is 5.02 Å². The van der Waals surface area contributed by atoms with Crippen LogP contribution < -0.4 is 5.73 Å². The Kier molecular flexibility index (Phi) is 3.92. The number of carbonyl (C=O) groups excluding carboxylic acids is 1. The Balaban J connectivity index is 1.68. The highest BCUT2D eigenvalue weighted by atomic mass is 35.5. The Morgan fingerprint density at radius 1 is 1.18 bits per heavy atom. The van der Waals surface area contributed by atoms with Crippen molar-refractivity contribution in [3.8, 4) is 0 Å². The standard InChI is InChI=1S/C18H17ClFNO/c19-14-4-2-13(3-5-14)18(9-10-18)8-7-17(22)12-1-6-16(21)15(20)11-12/h1-6,11H,7-10,21H2. The first kappa shape index (κ1) is 15.0. The van der Waals surface area contributed by atoms with Crippen molar-refractivity contribution in [1.82, 2.24) is 0 Å². The topological polar surface area (TPSA) is 43.1 Å². The zero-order chi connectivity index (χ0) is 15.7. The maximum absolute atomic E-state index is 13.4. The third-order valence-electron chi connectivity index (χ3n) is 4.46. The predicted octanol–water partition coefficient (Wildman–Crippen LogP) is 4.76. The number of ketones is 1. The van der Waals surface area contributed by atoms with Crippen LogP contribution in [-0.4, -0.2) is 5.78 Å². The number of anilines is 1. The van der Waals surface area contributed by atoms with E-state index in [1.54, 1.807) is 6.07 Å². The summed E-state index contributed by atoms with van der Waals surface area (Å²) in [4.78, 5) is 12.2. The molecule has 0 aromatic heterocycles. The van der Waals surface area contributed by atoms with Gasteiger partial charge in [0.2, 0.25) is 0 Å². The molecule has 2 N–H and O–H groups in total. The van der Waals surface area contributed by atoms with Gasteiger partial charge in [-0.15, -0.1) is 0 Å². The van der Waals surface area contributed by atoms with Gasteiger partial charge in [-0.25, -0.2) is 4.39 Å². The molecule has 1 aliphatic carbocycles. The van der Waals surface area contributed by atoms with Crippen LogP contribution >= 0.6 is 11.6 Å². The smallest absolute Gasteiger partial charge is 0.163 e. The van der Waals surface area contributed by atoms with Crippen molar-refractivity contribution in [1.29, 1.82) is 0 Å². The van der Waals surface area contributed by atoms with E-state index in [2.05, 4.69) is 0 Å². The van der Waals surface area contributed by atoms with Crippen LogP contribution in [0.3, 0.4) is 0 Å². The second kappa shape index (κ2) is 5.73. The summed E-state index contributed by atoms with van der Waals surface area (Å²) in [6.45, 7) is 0. The summed E-state index contributed by atoms with van der Waals surface area (Å²) >= 11 is 5.92. The van der Waals surface area contributed by atoms with E-state index in [0.717, 1.165) is 19.3 Å². The Labute approximate surface area is 134 Å². The maximum atomic E-state index is 13.4. The molecule has 1 fully saturated rings. The summed E-state index contributed by atoms with van der Waals surface area (Å²) in [5.74, 6) is -0.580. The number of nitrogens with two attached hydrogens (primary N) is 1. The van der Waals surface area contributed by atoms with Crippen molar-refractivity contribution in [3.05, 3.63) is 64.4 Å². The van der Waals surface area contributed by atoms with Gasteiger partial charge in [0.1, 0.15) is 5.82 Å². The summed E-state index contributed by atoms with van der Waals surface area (Å²) in [6.07, 6.45) is 3.35. The quantitative estimate of drug-likeness (QED) is 0.638. The second-order valence-electron chi connectivity index (χ2n) is 5.95. The molecular weight excluding hydrogens is 301 g/mol.